The number of carbonyl (C=O) groups excluding carboxylic acids is 3. The van der Waals surface area contributed by atoms with Crippen LogP contribution in [-0.2, 0) is 4.79 Å². The van der Waals surface area contributed by atoms with Gasteiger partial charge in [0.05, 0.1) is 11.1 Å². The van der Waals surface area contributed by atoms with E-state index in [1.807, 2.05) is 30.3 Å². The largest absolute Gasteiger partial charge is 0.368 e. The van der Waals surface area contributed by atoms with E-state index in [2.05, 4.69) is 4.90 Å². The third-order valence-electron chi connectivity index (χ3n) is 5.00. The monoisotopic (exact) mass is 367 g/mol. The first-order chi connectivity index (χ1) is 13.1. The van der Waals surface area contributed by atoms with Gasteiger partial charge in [-0.25, -0.2) is 4.39 Å². The van der Waals surface area contributed by atoms with E-state index >= 15 is 0 Å². The Balaban J connectivity index is 1.40. The van der Waals surface area contributed by atoms with Gasteiger partial charge in [0.15, 0.2) is 0 Å². The Labute approximate surface area is 155 Å². The lowest BCUT2D eigenvalue weighted by molar-refractivity contribution is -0.131. The topological polar surface area (TPSA) is 60.9 Å². The molecular formula is C20H18FN3O3. The van der Waals surface area contributed by atoms with Crippen LogP contribution < -0.4 is 4.90 Å². The molecule has 1 saturated heterocycles. The van der Waals surface area contributed by atoms with Gasteiger partial charge in [-0.15, -0.1) is 0 Å². The fraction of sp³-hybridized carbons (Fsp3) is 0.250. The molecule has 0 unspecified atom stereocenters. The number of rotatable bonds is 3. The van der Waals surface area contributed by atoms with Crippen LogP contribution in [0.4, 0.5) is 10.1 Å². The van der Waals surface area contributed by atoms with Gasteiger partial charge in [0.25, 0.3) is 11.8 Å². The molecule has 2 heterocycles. The number of carbonyl (C=O) groups is 3. The van der Waals surface area contributed by atoms with E-state index in [4.69, 9.17) is 0 Å². The van der Waals surface area contributed by atoms with Crippen molar-refractivity contribution in [3.8, 4) is 0 Å². The molecule has 27 heavy (non-hydrogen) atoms. The Morgan fingerprint density at radius 3 is 2.26 bits per heavy atom. The van der Waals surface area contributed by atoms with Gasteiger partial charge in [0, 0.05) is 31.9 Å². The summed E-state index contributed by atoms with van der Waals surface area (Å²) in [5.41, 5.74) is 0.867. The van der Waals surface area contributed by atoms with Crippen LogP contribution in [0, 0.1) is 5.82 Å². The van der Waals surface area contributed by atoms with Gasteiger partial charge in [-0.3, -0.25) is 19.3 Å². The van der Waals surface area contributed by atoms with Crippen LogP contribution in [-0.4, -0.2) is 60.2 Å². The van der Waals surface area contributed by atoms with Crippen molar-refractivity contribution in [1.82, 2.24) is 9.80 Å². The molecule has 0 bridgehead atoms. The number of halogens is 1. The molecule has 0 aliphatic carbocycles. The van der Waals surface area contributed by atoms with Crippen LogP contribution in [0.5, 0.6) is 0 Å². The van der Waals surface area contributed by atoms with Gasteiger partial charge in [-0.2, -0.15) is 0 Å². The number of anilines is 1. The highest BCUT2D eigenvalue weighted by Gasteiger charge is 2.39. The highest BCUT2D eigenvalue weighted by atomic mass is 19.1. The maximum Gasteiger partial charge on any atom is 0.265 e. The van der Waals surface area contributed by atoms with E-state index in [1.54, 1.807) is 4.90 Å². The molecule has 2 aromatic rings. The van der Waals surface area contributed by atoms with Crippen molar-refractivity contribution in [2.75, 3.05) is 37.6 Å². The number of piperazine rings is 1. The Bertz CT molecular complexity index is 908. The zero-order valence-electron chi connectivity index (χ0n) is 14.6. The molecular weight excluding hydrogens is 349 g/mol. The van der Waals surface area contributed by atoms with Crippen LogP contribution in [0.25, 0.3) is 0 Å². The smallest absolute Gasteiger partial charge is 0.265 e. The van der Waals surface area contributed by atoms with Crippen molar-refractivity contribution in [3.05, 3.63) is 65.5 Å². The Hall–Kier alpha value is -3.22. The highest BCUT2D eigenvalue weighted by molar-refractivity contribution is 6.22. The number of para-hydroxylation sites is 1. The maximum absolute atomic E-state index is 13.9. The predicted molar refractivity (Wildman–Crippen MR) is 97.0 cm³/mol. The predicted octanol–water partition coefficient (Wildman–Crippen LogP) is 1.77. The number of nitrogens with zero attached hydrogens (tertiary/aromatic N) is 3. The minimum absolute atomic E-state index is 0.0155. The third kappa shape index (κ3) is 3.05. The molecule has 3 amide bonds. The zero-order valence-corrected chi connectivity index (χ0v) is 14.6. The van der Waals surface area contributed by atoms with Crippen molar-refractivity contribution in [3.63, 3.8) is 0 Å². The lowest BCUT2D eigenvalue weighted by atomic mass is 10.1. The molecule has 0 radical (unpaired) electrons. The van der Waals surface area contributed by atoms with Crippen LogP contribution in [0.1, 0.15) is 20.7 Å². The number of hydrogen-bond acceptors (Lipinski definition) is 4. The molecule has 0 aromatic heterocycles. The molecule has 0 spiro atoms. The van der Waals surface area contributed by atoms with Crippen molar-refractivity contribution in [2.24, 2.45) is 0 Å². The number of imide groups is 1. The molecule has 0 saturated carbocycles. The van der Waals surface area contributed by atoms with Crippen LogP contribution in [0.15, 0.2) is 48.5 Å². The summed E-state index contributed by atoms with van der Waals surface area (Å²) in [6.07, 6.45) is 0. The summed E-state index contributed by atoms with van der Waals surface area (Å²) in [7, 11) is 0. The van der Waals surface area contributed by atoms with Crippen LogP contribution >= 0.6 is 0 Å². The Morgan fingerprint density at radius 1 is 0.889 bits per heavy atom. The number of fused-ring (bicyclic) bond motifs is 1. The lowest BCUT2D eigenvalue weighted by Gasteiger charge is -2.36. The van der Waals surface area contributed by atoms with Crippen molar-refractivity contribution < 1.29 is 18.8 Å². The zero-order chi connectivity index (χ0) is 19.0. The Kier molecular flexibility index (Phi) is 4.35. The molecule has 1 fully saturated rings. The number of benzene rings is 2. The van der Waals surface area contributed by atoms with Gasteiger partial charge < -0.3 is 9.80 Å². The van der Waals surface area contributed by atoms with Crippen LogP contribution in [0.3, 0.4) is 0 Å². The minimum Gasteiger partial charge on any atom is -0.368 e. The fourth-order valence-electron chi connectivity index (χ4n) is 3.52. The summed E-state index contributed by atoms with van der Waals surface area (Å²) >= 11 is 0. The lowest BCUT2D eigenvalue weighted by Crippen LogP contribution is -2.51. The maximum atomic E-state index is 13.9. The molecule has 138 valence electrons. The minimum atomic E-state index is -0.746. The fourth-order valence-corrected chi connectivity index (χ4v) is 3.52. The van der Waals surface area contributed by atoms with Gasteiger partial charge in [0.2, 0.25) is 5.91 Å². The number of hydrogen-bond donors (Lipinski definition) is 0. The summed E-state index contributed by atoms with van der Waals surface area (Å²) in [6.45, 7) is 1.99. The molecule has 7 heteroatoms. The van der Waals surface area contributed by atoms with E-state index in [9.17, 15) is 18.8 Å². The average molecular weight is 367 g/mol. The third-order valence-corrected chi connectivity index (χ3v) is 5.00. The second-order valence-electron chi connectivity index (χ2n) is 6.56. The normalized spacial score (nSPS) is 16.7. The van der Waals surface area contributed by atoms with E-state index in [0.29, 0.717) is 26.2 Å². The van der Waals surface area contributed by atoms with E-state index in [1.165, 1.54) is 12.1 Å². The summed E-state index contributed by atoms with van der Waals surface area (Å²) in [5.74, 6) is -2.41. The van der Waals surface area contributed by atoms with Crippen molar-refractivity contribution in [1.29, 1.82) is 0 Å². The van der Waals surface area contributed by atoms with E-state index in [-0.39, 0.29) is 23.6 Å². The summed E-state index contributed by atoms with van der Waals surface area (Å²) in [6, 6.07) is 13.8. The average Bonchev–Trinajstić information content (AvgIpc) is 2.94. The Morgan fingerprint density at radius 2 is 1.59 bits per heavy atom. The van der Waals surface area contributed by atoms with Gasteiger partial charge in [-0.05, 0) is 24.3 Å². The molecule has 6 nitrogen and oxygen atoms in total. The molecule has 0 N–H and O–H groups in total. The molecule has 2 aliphatic rings. The quantitative estimate of drug-likeness (QED) is 0.776. The summed E-state index contributed by atoms with van der Waals surface area (Å²) in [5, 5.41) is 0. The molecule has 4 rings (SSSR count). The van der Waals surface area contributed by atoms with Crippen LogP contribution in [0.2, 0.25) is 0 Å². The van der Waals surface area contributed by atoms with Gasteiger partial charge >= 0.3 is 0 Å². The second kappa shape index (κ2) is 6.83. The molecule has 2 aliphatic heterocycles. The molecule has 0 atom stereocenters. The summed E-state index contributed by atoms with van der Waals surface area (Å²) < 4.78 is 13.9. The second-order valence-corrected chi connectivity index (χ2v) is 6.56. The first kappa shape index (κ1) is 17.2. The first-order valence-electron chi connectivity index (χ1n) is 8.79. The van der Waals surface area contributed by atoms with Crippen molar-refractivity contribution >= 4 is 23.4 Å². The van der Waals surface area contributed by atoms with E-state index < -0.39 is 17.6 Å². The van der Waals surface area contributed by atoms with Crippen molar-refractivity contribution in [2.45, 2.75) is 0 Å². The highest BCUT2D eigenvalue weighted by Crippen LogP contribution is 2.25. The SMILES string of the molecule is O=C(CN1C(=O)c2cccc(F)c2C1=O)N1CCN(c2ccccc2)CC1. The van der Waals surface area contributed by atoms with Gasteiger partial charge in [-0.1, -0.05) is 24.3 Å². The van der Waals surface area contributed by atoms with Gasteiger partial charge in [0.1, 0.15) is 12.4 Å². The summed E-state index contributed by atoms with van der Waals surface area (Å²) in [4.78, 5) is 42.0. The first-order valence-corrected chi connectivity index (χ1v) is 8.79. The molecule has 2 aromatic carbocycles. The van der Waals surface area contributed by atoms with E-state index in [0.717, 1.165) is 16.7 Å². The standard InChI is InChI=1S/C20H18FN3O3/c21-16-8-4-7-15-18(16)20(27)24(19(15)26)13-17(25)23-11-9-22(10-12-23)14-5-2-1-3-6-14/h1-8H,9-13H2. The number of amides is 3.